The molecular weight excluding hydrogens is 605 g/mol. The van der Waals surface area contributed by atoms with E-state index in [9.17, 15) is 27.6 Å². The molecule has 0 radical (unpaired) electrons. The van der Waals surface area contributed by atoms with Gasteiger partial charge in [-0.1, -0.05) is 65.0 Å². The average molecular weight is 647 g/mol. The SMILES string of the molecule is COC(=O)N(c1ccncc1)c1ccc(-c2ccccc2)n(CC(=O)NC(O[SiH](C)C)(C(C)C)C(C(C)(C)C)C(F)(F)F)c1=O. The molecule has 1 N–H and O–H groups in total. The van der Waals surface area contributed by atoms with E-state index in [-0.39, 0.29) is 11.4 Å². The van der Waals surface area contributed by atoms with Crippen molar-refractivity contribution >= 4 is 32.4 Å². The Hall–Kier alpha value is -3.97. The summed E-state index contributed by atoms with van der Waals surface area (Å²) < 4.78 is 56.8. The summed E-state index contributed by atoms with van der Waals surface area (Å²) in [6.45, 7) is 10.3. The minimum Gasteiger partial charge on any atom is -0.452 e. The standard InChI is InChI=1S/C32H41F3N4O5Si/c1-21(2)31(44-45(7)8,28(30(3,4)5)32(33,34)35)37-26(40)20-38-24(22-12-10-9-11-13-22)14-15-25(27(38)41)39(29(42)43-6)23-16-18-36-19-17-23/h9-19,21,28,45H,20H2,1-8H3,(H,37,40). The second-order valence-electron chi connectivity index (χ2n) is 12.4. The lowest BCUT2D eigenvalue weighted by atomic mass is 9.70. The third-order valence-electron chi connectivity index (χ3n) is 7.29. The largest absolute Gasteiger partial charge is 0.452 e. The zero-order valence-corrected chi connectivity index (χ0v) is 28.0. The van der Waals surface area contributed by atoms with Crippen LogP contribution in [0.1, 0.15) is 34.6 Å². The first kappa shape index (κ1) is 35.5. The van der Waals surface area contributed by atoms with Crippen molar-refractivity contribution in [3.63, 3.8) is 0 Å². The van der Waals surface area contributed by atoms with E-state index < -0.39 is 62.3 Å². The molecule has 244 valence electrons. The summed E-state index contributed by atoms with van der Waals surface area (Å²) in [6, 6.07) is 14.8. The highest BCUT2D eigenvalue weighted by Gasteiger charge is 2.61. The van der Waals surface area contributed by atoms with E-state index in [1.54, 1.807) is 63.3 Å². The molecular formula is C32H41F3N4O5Si. The van der Waals surface area contributed by atoms with Gasteiger partial charge in [-0.25, -0.2) is 9.69 Å². The number of anilines is 2. The third kappa shape index (κ3) is 8.01. The number of methoxy groups -OCH3 is 1. The smallest absolute Gasteiger partial charge is 0.418 e. The molecule has 13 heteroatoms. The van der Waals surface area contributed by atoms with Crippen molar-refractivity contribution in [1.29, 1.82) is 0 Å². The van der Waals surface area contributed by atoms with Crippen molar-refractivity contribution in [1.82, 2.24) is 14.9 Å². The first-order valence-electron chi connectivity index (χ1n) is 14.6. The fourth-order valence-electron chi connectivity index (χ4n) is 5.63. The molecule has 0 aliphatic heterocycles. The molecule has 0 saturated carbocycles. The lowest BCUT2D eigenvalue weighted by molar-refractivity contribution is -0.265. The van der Waals surface area contributed by atoms with Crippen LogP contribution in [0.25, 0.3) is 11.3 Å². The van der Waals surface area contributed by atoms with Crippen molar-refractivity contribution < 1.29 is 31.9 Å². The Labute approximate surface area is 263 Å². The molecule has 2 aromatic heterocycles. The van der Waals surface area contributed by atoms with Gasteiger partial charge in [0.2, 0.25) is 5.91 Å². The molecule has 3 rings (SSSR count). The number of alkyl halides is 3. The number of ether oxygens (including phenoxy) is 1. The van der Waals surface area contributed by atoms with Gasteiger partial charge in [-0.15, -0.1) is 0 Å². The van der Waals surface area contributed by atoms with E-state index in [1.165, 1.54) is 51.4 Å². The van der Waals surface area contributed by atoms with E-state index in [2.05, 4.69) is 10.3 Å². The van der Waals surface area contributed by atoms with Crippen molar-refractivity contribution in [3.05, 3.63) is 77.3 Å². The number of carbonyl (C=O) groups is 2. The van der Waals surface area contributed by atoms with E-state index >= 15 is 0 Å². The van der Waals surface area contributed by atoms with Gasteiger partial charge in [-0.3, -0.25) is 19.1 Å². The second-order valence-corrected chi connectivity index (χ2v) is 14.7. The lowest BCUT2D eigenvalue weighted by Gasteiger charge is -2.51. The van der Waals surface area contributed by atoms with Crippen LogP contribution in [0.4, 0.5) is 29.3 Å². The Morgan fingerprint density at radius 1 is 1.00 bits per heavy atom. The van der Waals surface area contributed by atoms with Crippen LogP contribution in [-0.2, 0) is 20.5 Å². The highest BCUT2D eigenvalue weighted by molar-refractivity contribution is 6.48. The van der Waals surface area contributed by atoms with E-state index in [4.69, 9.17) is 9.16 Å². The van der Waals surface area contributed by atoms with Gasteiger partial charge in [0.1, 0.15) is 23.9 Å². The Kier molecular flexibility index (Phi) is 11.0. The van der Waals surface area contributed by atoms with Gasteiger partial charge in [-0.05, 0) is 48.3 Å². The molecule has 2 amide bonds. The number of halogens is 3. The summed E-state index contributed by atoms with van der Waals surface area (Å²) in [5, 5.41) is 2.62. The third-order valence-corrected chi connectivity index (χ3v) is 8.15. The average Bonchev–Trinajstić information content (AvgIpc) is 2.94. The van der Waals surface area contributed by atoms with Crippen molar-refractivity contribution in [2.24, 2.45) is 17.3 Å². The Balaban J connectivity index is 2.23. The molecule has 2 atom stereocenters. The minimum absolute atomic E-state index is 0.135. The number of amides is 2. The molecule has 0 aliphatic rings. The number of hydrogen-bond donors (Lipinski definition) is 1. The summed E-state index contributed by atoms with van der Waals surface area (Å²) in [5.41, 5.74) is -3.17. The van der Waals surface area contributed by atoms with Gasteiger partial charge in [-0.2, -0.15) is 13.2 Å². The summed E-state index contributed by atoms with van der Waals surface area (Å²) in [4.78, 5) is 46.0. The number of rotatable bonds is 10. The molecule has 2 unspecified atom stereocenters. The molecule has 0 bridgehead atoms. The summed E-state index contributed by atoms with van der Waals surface area (Å²) >= 11 is 0. The maximum Gasteiger partial charge on any atom is 0.418 e. The molecule has 45 heavy (non-hydrogen) atoms. The van der Waals surface area contributed by atoms with Crippen molar-refractivity contribution in [2.45, 2.75) is 66.2 Å². The number of aromatic nitrogens is 2. The Morgan fingerprint density at radius 3 is 2.09 bits per heavy atom. The van der Waals surface area contributed by atoms with Crippen LogP contribution in [0, 0.1) is 17.3 Å². The lowest BCUT2D eigenvalue weighted by Crippen LogP contribution is -2.67. The van der Waals surface area contributed by atoms with Crippen LogP contribution in [0.2, 0.25) is 13.1 Å². The van der Waals surface area contributed by atoms with Gasteiger partial charge in [0.15, 0.2) is 9.04 Å². The predicted octanol–water partition coefficient (Wildman–Crippen LogP) is 6.51. The summed E-state index contributed by atoms with van der Waals surface area (Å²) in [6.07, 6.45) is -2.72. The van der Waals surface area contributed by atoms with E-state index in [0.29, 0.717) is 11.3 Å². The van der Waals surface area contributed by atoms with Gasteiger partial charge in [0.05, 0.1) is 18.5 Å². The van der Waals surface area contributed by atoms with Crippen LogP contribution in [-0.4, -0.2) is 49.6 Å². The molecule has 2 heterocycles. The fourth-order valence-corrected chi connectivity index (χ4v) is 6.88. The quantitative estimate of drug-likeness (QED) is 0.199. The normalized spacial score (nSPS) is 14.2. The fraction of sp³-hybridized carbons (Fsp3) is 0.438. The number of hydrogen-bond acceptors (Lipinski definition) is 6. The number of benzene rings is 1. The topological polar surface area (TPSA) is 103 Å². The summed E-state index contributed by atoms with van der Waals surface area (Å²) in [7, 11) is -1.02. The van der Waals surface area contributed by atoms with Crippen LogP contribution in [0.15, 0.2) is 71.8 Å². The molecule has 0 spiro atoms. The second kappa shape index (κ2) is 14.0. The predicted molar refractivity (Wildman–Crippen MR) is 170 cm³/mol. The van der Waals surface area contributed by atoms with Crippen LogP contribution in [0.3, 0.4) is 0 Å². The van der Waals surface area contributed by atoms with Gasteiger partial charge in [0, 0.05) is 18.3 Å². The van der Waals surface area contributed by atoms with Crippen molar-refractivity contribution in [2.75, 3.05) is 12.0 Å². The van der Waals surface area contributed by atoms with Crippen molar-refractivity contribution in [3.8, 4) is 11.3 Å². The zero-order chi connectivity index (χ0) is 33.7. The number of nitrogens with zero attached hydrogens (tertiary/aromatic N) is 3. The van der Waals surface area contributed by atoms with Crippen LogP contribution in [0.5, 0.6) is 0 Å². The molecule has 1 aromatic carbocycles. The monoisotopic (exact) mass is 646 g/mol. The molecule has 0 saturated heterocycles. The number of carbonyl (C=O) groups excluding carboxylic acids is 2. The Bertz CT molecular complexity index is 1510. The van der Waals surface area contributed by atoms with E-state index in [0.717, 1.165) is 16.6 Å². The van der Waals surface area contributed by atoms with Crippen LogP contribution >= 0.6 is 0 Å². The molecule has 0 aliphatic carbocycles. The van der Waals surface area contributed by atoms with Gasteiger partial charge >= 0.3 is 12.3 Å². The number of pyridine rings is 2. The first-order valence-corrected chi connectivity index (χ1v) is 17.3. The zero-order valence-electron chi connectivity index (χ0n) is 26.8. The highest BCUT2D eigenvalue weighted by atomic mass is 28.3. The van der Waals surface area contributed by atoms with E-state index in [1.807, 2.05) is 0 Å². The summed E-state index contributed by atoms with van der Waals surface area (Å²) in [5.74, 6) is -3.73. The maximum absolute atomic E-state index is 14.8. The van der Waals surface area contributed by atoms with Gasteiger partial charge < -0.3 is 14.5 Å². The first-order chi connectivity index (χ1) is 20.9. The molecule has 0 fully saturated rings. The highest BCUT2D eigenvalue weighted by Crippen LogP contribution is 2.49. The van der Waals surface area contributed by atoms with Gasteiger partial charge in [0.25, 0.3) is 5.56 Å². The molecule has 3 aromatic rings. The molecule has 9 nitrogen and oxygen atoms in total. The number of nitrogens with one attached hydrogen (secondary N) is 1. The Morgan fingerprint density at radius 2 is 1.60 bits per heavy atom. The maximum atomic E-state index is 14.8. The van der Waals surface area contributed by atoms with Crippen LogP contribution < -0.4 is 15.8 Å². The minimum atomic E-state index is -4.73.